The summed E-state index contributed by atoms with van der Waals surface area (Å²) in [7, 11) is 0. The Kier molecular flexibility index (Phi) is 7.01. The van der Waals surface area contributed by atoms with Crippen LogP contribution in [0.15, 0.2) is 24.3 Å². The molecule has 1 aliphatic rings. The average Bonchev–Trinajstić information content (AvgIpc) is 3.08. The van der Waals surface area contributed by atoms with Gasteiger partial charge >= 0.3 is 6.18 Å². The van der Waals surface area contributed by atoms with Gasteiger partial charge < -0.3 is 15.2 Å². The third-order valence-corrected chi connectivity index (χ3v) is 6.19. The summed E-state index contributed by atoms with van der Waals surface area (Å²) in [6, 6.07) is 6.53. The minimum absolute atomic E-state index is 0.124. The largest absolute Gasteiger partial charge is 0.424 e. The zero-order chi connectivity index (χ0) is 21.9. The molecular weight excluding hydrogens is 419 g/mol. The van der Waals surface area contributed by atoms with E-state index in [1.165, 1.54) is 0 Å². The van der Waals surface area contributed by atoms with Crippen LogP contribution in [0, 0.1) is 0 Å². The number of aliphatic hydroxyl groups is 1. The molecule has 0 bridgehead atoms. The maximum Gasteiger partial charge on any atom is 0.424 e. The van der Waals surface area contributed by atoms with Crippen molar-refractivity contribution < 1.29 is 27.8 Å². The molecule has 1 saturated heterocycles. The number of benzene rings is 1. The summed E-state index contributed by atoms with van der Waals surface area (Å²) in [6.07, 6.45) is -5.31. The quantitative estimate of drug-likeness (QED) is 0.641. The first-order valence-electron chi connectivity index (χ1n) is 9.88. The van der Waals surface area contributed by atoms with Crippen LogP contribution < -0.4 is 5.32 Å². The molecule has 1 fully saturated rings. The zero-order valence-corrected chi connectivity index (χ0v) is 17.7. The van der Waals surface area contributed by atoms with Gasteiger partial charge in [-0.3, -0.25) is 9.69 Å². The summed E-state index contributed by atoms with van der Waals surface area (Å²) in [4.78, 5) is 18.4. The summed E-state index contributed by atoms with van der Waals surface area (Å²) in [6.45, 7) is 6.48. The Labute approximate surface area is 177 Å². The van der Waals surface area contributed by atoms with Crippen molar-refractivity contribution in [1.82, 2.24) is 15.2 Å². The number of aromatic nitrogens is 1. The van der Waals surface area contributed by atoms with Crippen molar-refractivity contribution in [1.29, 1.82) is 0 Å². The monoisotopic (exact) mass is 445 g/mol. The molecule has 1 aromatic carbocycles. The fraction of sp³-hybridized carbons (Fsp3) is 0.600. The van der Waals surface area contributed by atoms with Crippen molar-refractivity contribution in [3.05, 3.63) is 29.3 Å². The molecule has 3 rings (SSSR count). The van der Waals surface area contributed by atoms with E-state index in [4.69, 9.17) is 4.74 Å². The lowest BCUT2D eigenvalue weighted by Crippen LogP contribution is -2.47. The minimum Gasteiger partial charge on any atom is -0.374 e. The molecule has 3 unspecified atom stereocenters. The molecule has 0 spiro atoms. The molecule has 6 nitrogen and oxygen atoms in total. The van der Waals surface area contributed by atoms with Crippen LogP contribution in [0.5, 0.6) is 0 Å². The lowest BCUT2D eigenvalue weighted by atomic mass is 9.99. The van der Waals surface area contributed by atoms with Crippen molar-refractivity contribution in [2.24, 2.45) is 0 Å². The van der Waals surface area contributed by atoms with Crippen LogP contribution in [-0.4, -0.2) is 65.5 Å². The number of morpholine rings is 1. The molecule has 1 aliphatic heterocycles. The molecule has 2 N–H and O–H groups in total. The van der Waals surface area contributed by atoms with E-state index in [9.17, 15) is 23.1 Å². The van der Waals surface area contributed by atoms with Gasteiger partial charge in [-0.15, -0.1) is 11.3 Å². The fourth-order valence-electron chi connectivity index (χ4n) is 3.64. The van der Waals surface area contributed by atoms with Crippen LogP contribution in [0.2, 0.25) is 0 Å². The van der Waals surface area contributed by atoms with Gasteiger partial charge in [-0.1, -0.05) is 12.1 Å². The van der Waals surface area contributed by atoms with Crippen LogP contribution in [0.25, 0.3) is 10.2 Å². The Hall–Kier alpha value is -1.75. The van der Waals surface area contributed by atoms with Crippen LogP contribution in [0.3, 0.4) is 0 Å². The van der Waals surface area contributed by atoms with E-state index < -0.39 is 29.1 Å². The number of thiazole rings is 1. The first kappa shape index (κ1) is 22.9. The smallest absolute Gasteiger partial charge is 0.374 e. The van der Waals surface area contributed by atoms with E-state index in [0.717, 1.165) is 24.4 Å². The Bertz CT molecular complexity index is 833. The van der Waals surface area contributed by atoms with Gasteiger partial charge in [-0.05, 0) is 32.4 Å². The zero-order valence-electron chi connectivity index (χ0n) is 16.9. The Morgan fingerprint density at radius 1 is 1.30 bits per heavy atom. The van der Waals surface area contributed by atoms with Crippen LogP contribution in [0.1, 0.15) is 31.7 Å². The molecular formula is C20H26F3N3O3S. The van der Waals surface area contributed by atoms with Crippen LogP contribution in [-0.2, 0) is 15.1 Å². The van der Waals surface area contributed by atoms with Crippen molar-refractivity contribution in [2.75, 3.05) is 26.2 Å². The Morgan fingerprint density at radius 3 is 2.60 bits per heavy atom. The molecule has 0 aliphatic carbocycles. The number of amides is 1. The number of hydrogen-bond donors (Lipinski definition) is 2. The molecule has 3 atom stereocenters. The Balaban J connectivity index is 1.58. The molecule has 1 amide bonds. The number of nitrogens with one attached hydrogen (secondary N) is 1. The lowest BCUT2D eigenvalue weighted by Gasteiger charge is -2.35. The molecule has 1 aromatic heterocycles. The first-order valence-corrected chi connectivity index (χ1v) is 10.7. The summed E-state index contributed by atoms with van der Waals surface area (Å²) in [5.41, 5.74) is -2.97. The SMILES string of the molecule is CC1CN(CCCNC(=O)CC(O)(c2nc3ccccc3s2)C(F)(F)F)CC(C)O1. The second-order valence-corrected chi connectivity index (χ2v) is 8.77. The third kappa shape index (κ3) is 5.29. The number of carbonyl (C=O) groups is 1. The van der Waals surface area contributed by atoms with Crippen molar-refractivity contribution in [3.8, 4) is 0 Å². The van der Waals surface area contributed by atoms with E-state index in [1.807, 2.05) is 13.8 Å². The van der Waals surface area contributed by atoms with Crippen molar-refractivity contribution in [3.63, 3.8) is 0 Å². The molecule has 2 heterocycles. The summed E-state index contributed by atoms with van der Waals surface area (Å²) < 4.78 is 47.3. The molecule has 30 heavy (non-hydrogen) atoms. The Morgan fingerprint density at radius 2 is 1.97 bits per heavy atom. The molecule has 2 aromatic rings. The molecule has 10 heteroatoms. The number of hydrogen-bond acceptors (Lipinski definition) is 6. The summed E-state index contributed by atoms with van der Waals surface area (Å²) in [5, 5.41) is 12.4. The highest BCUT2D eigenvalue weighted by molar-refractivity contribution is 7.18. The van der Waals surface area contributed by atoms with E-state index in [2.05, 4.69) is 15.2 Å². The molecule has 166 valence electrons. The van der Waals surface area contributed by atoms with Crippen LogP contribution >= 0.6 is 11.3 Å². The topological polar surface area (TPSA) is 74.7 Å². The number of carbonyl (C=O) groups excluding carboxylic acids is 1. The third-order valence-electron chi connectivity index (χ3n) is 5.00. The van der Waals surface area contributed by atoms with Gasteiger partial charge in [0.15, 0.2) is 0 Å². The van der Waals surface area contributed by atoms with E-state index in [0.29, 0.717) is 23.2 Å². The number of alkyl halides is 3. The van der Waals surface area contributed by atoms with Gasteiger partial charge in [0.2, 0.25) is 11.5 Å². The highest BCUT2D eigenvalue weighted by Gasteiger charge is 2.58. The van der Waals surface area contributed by atoms with Gasteiger partial charge in [-0.2, -0.15) is 13.2 Å². The second kappa shape index (κ2) is 9.17. The van der Waals surface area contributed by atoms with E-state index in [1.54, 1.807) is 24.3 Å². The maximum absolute atomic E-state index is 13.7. The van der Waals surface area contributed by atoms with Crippen LogP contribution in [0.4, 0.5) is 13.2 Å². The standard InChI is InChI=1S/C20H26F3N3O3S/c1-13-11-26(12-14(2)29-13)9-5-8-24-17(27)10-19(28,20(21,22)23)18-25-15-6-3-4-7-16(15)30-18/h3-4,6-7,13-14,28H,5,8-12H2,1-2H3,(H,24,27). The van der Waals surface area contributed by atoms with Gasteiger partial charge in [0.25, 0.3) is 0 Å². The fourth-order valence-corrected chi connectivity index (χ4v) is 4.71. The summed E-state index contributed by atoms with van der Waals surface area (Å²) >= 11 is 0.741. The summed E-state index contributed by atoms with van der Waals surface area (Å²) in [5.74, 6) is -0.863. The number of rotatable bonds is 7. The highest BCUT2D eigenvalue weighted by atomic mass is 32.1. The van der Waals surface area contributed by atoms with Gasteiger partial charge in [0, 0.05) is 26.2 Å². The van der Waals surface area contributed by atoms with Crippen molar-refractivity contribution in [2.45, 2.75) is 50.7 Å². The van der Waals surface area contributed by atoms with E-state index in [-0.39, 0.29) is 18.8 Å². The highest BCUT2D eigenvalue weighted by Crippen LogP contribution is 2.44. The normalized spacial score (nSPS) is 22.7. The number of ether oxygens (including phenoxy) is 1. The average molecular weight is 446 g/mol. The van der Waals surface area contributed by atoms with Crippen molar-refractivity contribution >= 4 is 27.5 Å². The van der Waals surface area contributed by atoms with Gasteiger partial charge in [0.05, 0.1) is 28.8 Å². The second-order valence-electron chi connectivity index (χ2n) is 7.74. The predicted octanol–water partition coefficient (Wildman–Crippen LogP) is 3.05. The van der Waals surface area contributed by atoms with E-state index >= 15 is 0 Å². The molecule has 0 saturated carbocycles. The maximum atomic E-state index is 13.7. The predicted molar refractivity (Wildman–Crippen MR) is 108 cm³/mol. The first-order chi connectivity index (χ1) is 14.1. The number of para-hydroxylation sites is 1. The minimum atomic E-state index is -5.03. The number of nitrogens with zero attached hydrogens (tertiary/aromatic N) is 2. The number of fused-ring (bicyclic) bond motifs is 1. The van der Waals surface area contributed by atoms with Gasteiger partial charge in [0.1, 0.15) is 5.01 Å². The van der Waals surface area contributed by atoms with Gasteiger partial charge in [-0.25, -0.2) is 4.98 Å². The number of halogens is 3. The lowest BCUT2D eigenvalue weighted by molar-refractivity contribution is -0.267. The molecule has 0 radical (unpaired) electrons.